The highest BCUT2D eigenvalue weighted by Gasteiger charge is 2.43. The Bertz CT molecular complexity index is 1470. The molecule has 2 N–H and O–H groups in total. The topological polar surface area (TPSA) is 135 Å². The monoisotopic (exact) mass is 558 g/mol. The third kappa shape index (κ3) is 5.84. The van der Waals surface area contributed by atoms with Crippen LogP contribution in [0.1, 0.15) is 37.0 Å². The Morgan fingerprint density at radius 2 is 1.82 bits per heavy atom. The molecule has 1 aliphatic heterocycles. The third-order valence-electron chi connectivity index (χ3n) is 6.70. The molecule has 0 bridgehead atoms. The van der Waals surface area contributed by atoms with Crippen LogP contribution in [0.4, 0.5) is 18.0 Å². The molecule has 10 nitrogen and oxygen atoms in total. The molecule has 40 heavy (non-hydrogen) atoms. The highest BCUT2D eigenvalue weighted by molar-refractivity contribution is 5.71. The molecule has 2 aromatic heterocycles. The first kappa shape index (κ1) is 27.3. The van der Waals surface area contributed by atoms with Crippen LogP contribution in [0.5, 0.6) is 0 Å². The van der Waals surface area contributed by atoms with E-state index in [4.69, 9.17) is 18.9 Å². The van der Waals surface area contributed by atoms with E-state index in [9.17, 15) is 23.1 Å². The number of β-amino-alcohol motifs (C(OH)–C–C–N with tert-alkyl or cyclic N) is 1. The molecule has 2 atom stereocenters. The first-order valence-electron chi connectivity index (χ1n) is 12.4. The fraction of sp³-hybridized carbons (Fsp3) is 0.333. The van der Waals surface area contributed by atoms with Crippen molar-refractivity contribution in [2.24, 2.45) is 0 Å². The highest BCUT2D eigenvalue weighted by Crippen LogP contribution is 2.43. The summed E-state index contributed by atoms with van der Waals surface area (Å²) in [5.41, 5.74) is -1.09. The number of ether oxygens (including phenoxy) is 1. The lowest BCUT2D eigenvalue weighted by atomic mass is 9.94. The summed E-state index contributed by atoms with van der Waals surface area (Å²) < 4.78 is 57.1. The van der Waals surface area contributed by atoms with Gasteiger partial charge in [0.05, 0.1) is 6.10 Å². The molecule has 0 radical (unpaired) electrons. The molecule has 1 saturated heterocycles. The zero-order valence-electron chi connectivity index (χ0n) is 21.3. The van der Waals surface area contributed by atoms with Crippen molar-refractivity contribution < 1.29 is 42.0 Å². The summed E-state index contributed by atoms with van der Waals surface area (Å²) in [6.45, 7) is 3.03. The molecule has 2 unspecified atom stereocenters. The van der Waals surface area contributed by atoms with E-state index in [-0.39, 0.29) is 23.6 Å². The van der Waals surface area contributed by atoms with E-state index >= 15 is 0 Å². The number of halogens is 3. The van der Waals surface area contributed by atoms with Crippen LogP contribution >= 0.6 is 0 Å². The molecule has 210 valence electrons. The molecular formula is C27H25F3N4O6. The summed E-state index contributed by atoms with van der Waals surface area (Å²) in [5.74, 6) is -1.13. The largest absolute Gasteiger partial charge is 0.506 e. The van der Waals surface area contributed by atoms with E-state index in [1.807, 2.05) is 4.90 Å². The molecule has 0 saturated carbocycles. The SMILES string of the molecule is CC1(OC(=O)O)CCCN(CC(O)c2ccc(-c3noc(-c4onc(-c5ccccc5)c4C(F)(F)F)n3)cc2)C1. The maximum Gasteiger partial charge on any atom is 0.506 e. The Labute approximate surface area is 226 Å². The normalized spacial score (nSPS) is 18.9. The minimum absolute atomic E-state index is 0.0273. The molecule has 0 spiro atoms. The van der Waals surface area contributed by atoms with Crippen molar-refractivity contribution in [2.75, 3.05) is 19.6 Å². The van der Waals surface area contributed by atoms with Crippen LogP contribution in [0.3, 0.4) is 0 Å². The zero-order valence-corrected chi connectivity index (χ0v) is 21.3. The van der Waals surface area contributed by atoms with Gasteiger partial charge in [0.15, 0.2) is 0 Å². The summed E-state index contributed by atoms with van der Waals surface area (Å²) in [5, 5.41) is 27.2. The number of aromatic nitrogens is 3. The van der Waals surface area contributed by atoms with Gasteiger partial charge in [-0.05, 0) is 31.9 Å². The number of piperidine rings is 1. The molecule has 0 aliphatic carbocycles. The van der Waals surface area contributed by atoms with Gasteiger partial charge in [0.2, 0.25) is 11.6 Å². The van der Waals surface area contributed by atoms with Crippen molar-refractivity contribution in [3.05, 3.63) is 65.7 Å². The van der Waals surface area contributed by atoms with Gasteiger partial charge in [-0.3, -0.25) is 4.90 Å². The second-order valence-electron chi connectivity index (χ2n) is 9.82. The molecule has 4 aromatic rings. The molecule has 3 heterocycles. The predicted octanol–water partition coefficient (Wildman–Crippen LogP) is 5.66. The number of hydrogen-bond acceptors (Lipinski definition) is 9. The fourth-order valence-corrected chi connectivity index (χ4v) is 4.89. The van der Waals surface area contributed by atoms with Gasteiger partial charge in [0, 0.05) is 24.2 Å². The number of alkyl halides is 3. The minimum Gasteiger partial charge on any atom is -0.450 e. The van der Waals surface area contributed by atoms with Gasteiger partial charge < -0.3 is 24.0 Å². The van der Waals surface area contributed by atoms with Gasteiger partial charge >= 0.3 is 12.3 Å². The number of nitrogens with zero attached hydrogens (tertiary/aromatic N) is 4. The summed E-state index contributed by atoms with van der Waals surface area (Å²) in [6, 6.07) is 14.3. The van der Waals surface area contributed by atoms with Gasteiger partial charge in [-0.15, -0.1) is 0 Å². The second kappa shape index (κ2) is 10.7. The van der Waals surface area contributed by atoms with Gasteiger partial charge in [0.1, 0.15) is 16.9 Å². The van der Waals surface area contributed by atoms with Gasteiger partial charge in [-0.1, -0.05) is 64.9 Å². The number of likely N-dealkylation sites (tertiary alicyclic amines) is 1. The van der Waals surface area contributed by atoms with Crippen LogP contribution in [0.2, 0.25) is 0 Å². The summed E-state index contributed by atoms with van der Waals surface area (Å²) in [6.07, 6.45) is -5.68. The Hall–Kier alpha value is -4.23. The molecule has 2 aromatic carbocycles. The number of carboxylic acid groups (broad SMARTS) is 1. The van der Waals surface area contributed by atoms with E-state index in [2.05, 4.69) is 15.3 Å². The first-order chi connectivity index (χ1) is 19.0. The van der Waals surface area contributed by atoms with Gasteiger partial charge in [-0.2, -0.15) is 18.2 Å². The predicted molar refractivity (Wildman–Crippen MR) is 134 cm³/mol. The number of hydrogen-bond donors (Lipinski definition) is 2. The Morgan fingerprint density at radius 1 is 1.10 bits per heavy atom. The van der Waals surface area contributed by atoms with Crippen LogP contribution in [0.25, 0.3) is 34.3 Å². The Morgan fingerprint density at radius 3 is 2.50 bits per heavy atom. The average Bonchev–Trinajstić information content (AvgIpc) is 3.56. The minimum atomic E-state index is -4.79. The van der Waals surface area contributed by atoms with Crippen molar-refractivity contribution in [1.82, 2.24) is 20.2 Å². The molecule has 1 fully saturated rings. The van der Waals surface area contributed by atoms with Crippen LogP contribution in [0, 0.1) is 0 Å². The van der Waals surface area contributed by atoms with Crippen molar-refractivity contribution in [3.8, 4) is 34.3 Å². The van der Waals surface area contributed by atoms with E-state index in [0.717, 1.165) is 6.42 Å². The zero-order chi connectivity index (χ0) is 28.5. The molecule has 1 aliphatic rings. The first-order valence-corrected chi connectivity index (χ1v) is 12.4. The summed E-state index contributed by atoms with van der Waals surface area (Å²) >= 11 is 0. The Balaban J connectivity index is 1.32. The number of carbonyl (C=O) groups is 1. The third-order valence-corrected chi connectivity index (χ3v) is 6.70. The maximum atomic E-state index is 14.0. The lowest BCUT2D eigenvalue weighted by Crippen LogP contribution is -2.49. The van der Waals surface area contributed by atoms with Crippen molar-refractivity contribution in [2.45, 2.75) is 37.6 Å². The van der Waals surface area contributed by atoms with Crippen LogP contribution in [0.15, 0.2) is 63.6 Å². The molecule has 13 heteroatoms. The van der Waals surface area contributed by atoms with Crippen molar-refractivity contribution in [1.29, 1.82) is 0 Å². The fourth-order valence-electron chi connectivity index (χ4n) is 4.89. The lowest BCUT2D eigenvalue weighted by Gasteiger charge is -2.39. The number of rotatable bonds is 7. The van der Waals surface area contributed by atoms with Crippen molar-refractivity contribution >= 4 is 6.16 Å². The van der Waals surface area contributed by atoms with Crippen LogP contribution in [-0.2, 0) is 10.9 Å². The van der Waals surface area contributed by atoms with Crippen LogP contribution < -0.4 is 0 Å². The van der Waals surface area contributed by atoms with E-state index in [0.29, 0.717) is 30.6 Å². The molecule has 5 rings (SSSR count). The maximum absolute atomic E-state index is 14.0. The lowest BCUT2D eigenvalue weighted by molar-refractivity contribution is -0.137. The van der Waals surface area contributed by atoms with Gasteiger partial charge in [0.25, 0.3) is 5.89 Å². The van der Waals surface area contributed by atoms with Gasteiger partial charge in [-0.25, -0.2) is 4.79 Å². The Kier molecular flexibility index (Phi) is 7.34. The quantitative estimate of drug-likeness (QED) is 0.274. The molecular weight excluding hydrogens is 533 g/mol. The molecule has 0 amide bonds. The van der Waals surface area contributed by atoms with E-state index < -0.39 is 41.3 Å². The van der Waals surface area contributed by atoms with Crippen LogP contribution in [-0.4, -0.2) is 61.8 Å². The number of aliphatic hydroxyl groups is 1. The van der Waals surface area contributed by atoms with E-state index in [1.54, 1.807) is 49.4 Å². The number of benzene rings is 2. The standard InChI is InChI=1S/C27H25F3N4O6/c1-26(38-25(36)37)12-5-13-34(15-26)14-19(35)16-8-10-18(11-9-16)23-31-24(40-33-23)22-20(27(28,29)30)21(32-39-22)17-6-3-2-4-7-17/h2-4,6-11,19,35H,5,12-15H2,1H3,(H,36,37). The highest BCUT2D eigenvalue weighted by atomic mass is 19.4. The smallest absolute Gasteiger partial charge is 0.450 e. The summed E-state index contributed by atoms with van der Waals surface area (Å²) in [4.78, 5) is 17.0. The second-order valence-corrected chi connectivity index (χ2v) is 9.82. The van der Waals surface area contributed by atoms with E-state index in [1.165, 1.54) is 12.1 Å². The average molecular weight is 559 g/mol. The summed E-state index contributed by atoms with van der Waals surface area (Å²) in [7, 11) is 0. The van der Waals surface area contributed by atoms with Crippen molar-refractivity contribution in [3.63, 3.8) is 0 Å². The number of aliphatic hydroxyl groups excluding tert-OH is 1.